The minimum atomic E-state index is -0.645. The molecule has 10 nitrogen and oxygen atoms in total. The van der Waals surface area contributed by atoms with Crippen LogP contribution in [0.4, 0.5) is 4.79 Å². The molecule has 1 saturated heterocycles. The first kappa shape index (κ1) is 23.4. The quantitative estimate of drug-likeness (QED) is 0.316. The zero-order chi connectivity index (χ0) is 25.1. The van der Waals surface area contributed by atoms with Crippen molar-refractivity contribution in [2.24, 2.45) is 0 Å². The summed E-state index contributed by atoms with van der Waals surface area (Å²) in [6.07, 6.45) is 1.63. The van der Waals surface area contributed by atoms with Crippen LogP contribution in [0.3, 0.4) is 0 Å². The molecular weight excluding hydrogens is 452 g/mol. The molecule has 0 spiro atoms. The number of esters is 1. The SMILES string of the molecule is COC(=O)c1ccc(CN2C(=O)N/C(=C\c3cc(C)n(-c4ccc(OCC#N)cc4)c3C)C2=O)o1. The van der Waals surface area contributed by atoms with Gasteiger partial charge in [0, 0.05) is 17.1 Å². The maximum Gasteiger partial charge on any atom is 0.373 e. The number of hydrogen-bond donors (Lipinski definition) is 1. The molecule has 1 fully saturated rings. The molecule has 178 valence electrons. The van der Waals surface area contributed by atoms with Crippen LogP contribution in [0.15, 0.2) is 52.6 Å². The number of nitrogens with zero attached hydrogens (tertiary/aromatic N) is 3. The second-order valence-corrected chi connectivity index (χ2v) is 7.74. The number of hydrogen-bond acceptors (Lipinski definition) is 7. The Bertz CT molecular complexity index is 1370. The molecule has 3 heterocycles. The van der Waals surface area contributed by atoms with E-state index in [1.165, 1.54) is 19.2 Å². The normalized spacial score (nSPS) is 14.2. The first-order valence-electron chi connectivity index (χ1n) is 10.6. The lowest BCUT2D eigenvalue weighted by Crippen LogP contribution is -2.30. The van der Waals surface area contributed by atoms with Crippen LogP contribution in [0.5, 0.6) is 5.75 Å². The summed E-state index contributed by atoms with van der Waals surface area (Å²) >= 11 is 0. The highest BCUT2D eigenvalue weighted by Gasteiger charge is 2.34. The molecule has 1 aromatic carbocycles. The van der Waals surface area contributed by atoms with E-state index >= 15 is 0 Å². The van der Waals surface area contributed by atoms with E-state index in [4.69, 9.17) is 14.4 Å². The van der Waals surface area contributed by atoms with Crippen LogP contribution < -0.4 is 10.1 Å². The third-order valence-corrected chi connectivity index (χ3v) is 5.49. The number of carbonyl (C=O) groups excluding carboxylic acids is 3. The zero-order valence-electron chi connectivity index (χ0n) is 19.3. The smallest absolute Gasteiger partial charge is 0.373 e. The number of amides is 3. The van der Waals surface area contributed by atoms with Gasteiger partial charge in [-0.15, -0.1) is 0 Å². The van der Waals surface area contributed by atoms with Gasteiger partial charge in [0.15, 0.2) is 6.61 Å². The van der Waals surface area contributed by atoms with Crippen molar-refractivity contribution in [2.45, 2.75) is 20.4 Å². The van der Waals surface area contributed by atoms with Crippen molar-refractivity contribution in [3.8, 4) is 17.5 Å². The highest BCUT2D eigenvalue weighted by Crippen LogP contribution is 2.26. The molecule has 1 aliphatic heterocycles. The lowest BCUT2D eigenvalue weighted by atomic mass is 10.2. The van der Waals surface area contributed by atoms with Gasteiger partial charge in [-0.1, -0.05) is 0 Å². The van der Waals surface area contributed by atoms with Gasteiger partial charge in [-0.2, -0.15) is 5.26 Å². The van der Waals surface area contributed by atoms with Gasteiger partial charge in [-0.3, -0.25) is 9.69 Å². The summed E-state index contributed by atoms with van der Waals surface area (Å²) in [6, 6.07) is 13.5. The molecular formula is C25H22N4O6. The highest BCUT2D eigenvalue weighted by molar-refractivity contribution is 6.13. The van der Waals surface area contributed by atoms with Crippen molar-refractivity contribution in [3.63, 3.8) is 0 Å². The molecule has 1 aliphatic rings. The predicted molar refractivity (Wildman–Crippen MR) is 123 cm³/mol. The van der Waals surface area contributed by atoms with Gasteiger partial charge in [0.2, 0.25) is 5.76 Å². The average Bonchev–Trinajstić information content (AvgIpc) is 3.51. The molecule has 3 amide bonds. The third-order valence-electron chi connectivity index (χ3n) is 5.49. The minimum Gasteiger partial charge on any atom is -0.479 e. The number of nitrogens with one attached hydrogen (secondary N) is 1. The number of furan rings is 1. The van der Waals surface area contributed by atoms with E-state index in [9.17, 15) is 14.4 Å². The molecule has 3 aromatic rings. The van der Waals surface area contributed by atoms with E-state index in [1.54, 1.807) is 18.2 Å². The van der Waals surface area contributed by atoms with Crippen LogP contribution >= 0.6 is 0 Å². The average molecular weight is 474 g/mol. The summed E-state index contributed by atoms with van der Waals surface area (Å²) < 4.78 is 17.3. The van der Waals surface area contributed by atoms with Crippen LogP contribution in [0, 0.1) is 25.2 Å². The maximum atomic E-state index is 12.9. The van der Waals surface area contributed by atoms with Crippen LogP contribution in [0.1, 0.15) is 33.3 Å². The Labute approximate surface area is 200 Å². The van der Waals surface area contributed by atoms with Crippen LogP contribution in [0.25, 0.3) is 11.8 Å². The van der Waals surface area contributed by atoms with Crippen molar-refractivity contribution >= 4 is 24.0 Å². The highest BCUT2D eigenvalue weighted by atomic mass is 16.5. The number of imide groups is 1. The Morgan fingerprint density at radius 3 is 2.60 bits per heavy atom. The Hall–Kier alpha value is -4.78. The second-order valence-electron chi connectivity index (χ2n) is 7.74. The van der Waals surface area contributed by atoms with Gasteiger partial charge in [0.25, 0.3) is 5.91 Å². The molecule has 0 atom stereocenters. The van der Waals surface area contributed by atoms with Crippen LogP contribution in [0.2, 0.25) is 0 Å². The molecule has 0 bridgehead atoms. The maximum absolute atomic E-state index is 12.9. The Morgan fingerprint density at radius 2 is 1.91 bits per heavy atom. The zero-order valence-corrected chi connectivity index (χ0v) is 19.3. The van der Waals surface area contributed by atoms with E-state index in [0.717, 1.165) is 27.5 Å². The summed E-state index contributed by atoms with van der Waals surface area (Å²) in [5.41, 5.74) is 3.59. The van der Waals surface area contributed by atoms with Crippen molar-refractivity contribution in [1.29, 1.82) is 5.26 Å². The van der Waals surface area contributed by atoms with Crippen molar-refractivity contribution < 1.29 is 28.3 Å². The van der Waals surface area contributed by atoms with E-state index in [-0.39, 0.29) is 30.4 Å². The molecule has 0 saturated carbocycles. The van der Waals surface area contributed by atoms with E-state index in [2.05, 4.69) is 10.1 Å². The number of nitriles is 1. The number of aromatic nitrogens is 1. The molecule has 2 aromatic heterocycles. The van der Waals surface area contributed by atoms with E-state index in [0.29, 0.717) is 5.75 Å². The van der Waals surface area contributed by atoms with E-state index < -0.39 is 17.9 Å². The summed E-state index contributed by atoms with van der Waals surface area (Å²) in [7, 11) is 1.23. The Kier molecular flexibility index (Phi) is 6.42. The number of ether oxygens (including phenoxy) is 2. The Balaban J connectivity index is 1.54. The Morgan fingerprint density at radius 1 is 1.17 bits per heavy atom. The molecule has 10 heteroatoms. The van der Waals surface area contributed by atoms with Crippen LogP contribution in [-0.4, -0.2) is 41.1 Å². The lowest BCUT2D eigenvalue weighted by molar-refractivity contribution is -0.123. The number of urea groups is 1. The van der Waals surface area contributed by atoms with Gasteiger partial charge < -0.3 is 23.8 Å². The number of aryl methyl sites for hydroxylation is 1. The first-order chi connectivity index (χ1) is 16.8. The van der Waals surface area contributed by atoms with Gasteiger partial charge in [0.05, 0.1) is 13.7 Å². The fourth-order valence-corrected chi connectivity index (χ4v) is 3.84. The second kappa shape index (κ2) is 9.61. The molecule has 35 heavy (non-hydrogen) atoms. The summed E-state index contributed by atoms with van der Waals surface area (Å²) in [6.45, 7) is 3.70. The van der Waals surface area contributed by atoms with Gasteiger partial charge in [-0.25, -0.2) is 9.59 Å². The van der Waals surface area contributed by atoms with Gasteiger partial charge >= 0.3 is 12.0 Å². The van der Waals surface area contributed by atoms with E-state index in [1.807, 2.05) is 42.7 Å². The lowest BCUT2D eigenvalue weighted by Gasteiger charge is -2.11. The molecule has 0 radical (unpaired) electrons. The number of carbonyl (C=O) groups is 3. The topological polar surface area (TPSA) is 127 Å². The third kappa shape index (κ3) is 4.65. The predicted octanol–water partition coefficient (Wildman–Crippen LogP) is 3.47. The van der Waals surface area contributed by atoms with Gasteiger partial charge in [0.1, 0.15) is 23.3 Å². The summed E-state index contributed by atoms with van der Waals surface area (Å²) in [5.74, 6) is -0.295. The minimum absolute atomic E-state index is 0.0116. The molecule has 0 unspecified atom stereocenters. The molecule has 4 rings (SSSR count). The van der Waals surface area contributed by atoms with Crippen molar-refractivity contribution in [3.05, 3.63) is 76.6 Å². The summed E-state index contributed by atoms with van der Waals surface area (Å²) in [4.78, 5) is 37.9. The first-order valence-corrected chi connectivity index (χ1v) is 10.6. The molecule has 1 N–H and O–H groups in total. The molecule has 0 aliphatic carbocycles. The fraction of sp³-hybridized carbons (Fsp3) is 0.200. The standard InChI is InChI=1S/C25H22N4O6/c1-15-12-17(16(2)29(15)18-4-6-19(7-5-18)34-11-10-26)13-21-23(30)28(25(32)27-21)14-20-8-9-22(35-20)24(31)33-3/h4-9,12-13H,11,14H2,1-3H3,(H,27,32)/b21-13-. The number of rotatable bonds is 7. The number of methoxy groups -OCH3 is 1. The van der Waals surface area contributed by atoms with Crippen molar-refractivity contribution in [1.82, 2.24) is 14.8 Å². The number of benzene rings is 1. The monoisotopic (exact) mass is 474 g/mol. The van der Waals surface area contributed by atoms with Crippen LogP contribution in [-0.2, 0) is 16.1 Å². The van der Waals surface area contributed by atoms with Crippen molar-refractivity contribution in [2.75, 3.05) is 13.7 Å². The van der Waals surface area contributed by atoms with Gasteiger partial charge in [-0.05, 0) is 68.0 Å². The largest absolute Gasteiger partial charge is 0.479 e. The fourth-order valence-electron chi connectivity index (χ4n) is 3.84. The summed E-state index contributed by atoms with van der Waals surface area (Å²) in [5, 5.41) is 11.2.